The molecule has 2 heterocycles. The molecule has 1 saturated heterocycles. The topological polar surface area (TPSA) is 270 Å². The van der Waals surface area contributed by atoms with E-state index in [0.717, 1.165) is 34.6 Å². The molecule has 1 aliphatic heterocycles. The molecule has 5 atom stereocenters. The Morgan fingerprint density at radius 3 is 2.01 bits per heavy atom. The van der Waals surface area contributed by atoms with Crippen LogP contribution in [0.3, 0.4) is 0 Å². The number of rotatable bonds is 16. The number of nitro benzene ring substituents is 1. The van der Waals surface area contributed by atoms with Crippen molar-refractivity contribution >= 4 is 56.7 Å². The lowest BCUT2D eigenvalue weighted by Gasteiger charge is -2.36. The number of nitrogens with zero attached hydrogens (tertiary/aromatic N) is 3. The second-order valence-corrected chi connectivity index (χ2v) is 20.7. The number of alkyl carbamates (subject to hydrolysis) is 1. The Labute approximate surface area is 420 Å². The smallest absolute Gasteiger partial charge is 0.497 e. The number of carbonyl (C=O) groups is 5. The van der Waals surface area contributed by atoms with Crippen molar-refractivity contribution in [2.75, 3.05) is 13.7 Å². The molecule has 28 heteroatoms. The van der Waals surface area contributed by atoms with Crippen molar-refractivity contribution in [2.24, 2.45) is 11.3 Å². The first-order chi connectivity index (χ1) is 34.0. The molecular formula is C46H54F6N6O15S. The van der Waals surface area contributed by atoms with Crippen molar-refractivity contribution < 1.29 is 91.5 Å². The van der Waals surface area contributed by atoms with Crippen molar-refractivity contribution in [2.45, 2.75) is 128 Å². The summed E-state index contributed by atoms with van der Waals surface area (Å²) in [4.78, 5) is 81.2. The van der Waals surface area contributed by atoms with Gasteiger partial charge in [0.15, 0.2) is 0 Å². The quantitative estimate of drug-likeness (QED) is 0.0322. The standard InChI is InChI=1S/C35H44F3N5O10S.C11H10F3NO5/c1-8-20-17-34(20,30(46)42-54(48,49)53-21-9-10-21)41-27(44)25-16-23(51-28-24-12-11-22(50-7)15-19(24)13-14-39-28)18-43(25)29(45)26(32(2,3)4)40-31(47)52-33(5,6)35(36,37)38;1-10(2,11(12,13)14)20-9(16)19-8-5-3-7(4-6-8)15(17)18/h8,11-15,20-21,23,25-26H,1,9-10,16-18H2,2-7H3,(H,40,47)(H,41,44)(H,42,46);3-6H,1-2H3/t20-,23-,25+,26-,34-;/m1./s1. The second kappa shape index (κ2) is 21.5. The van der Waals surface area contributed by atoms with Gasteiger partial charge in [-0.05, 0) is 94.2 Å². The van der Waals surface area contributed by atoms with Gasteiger partial charge in [-0.25, -0.2) is 19.3 Å². The van der Waals surface area contributed by atoms with Gasteiger partial charge in [-0.3, -0.25) is 28.7 Å². The van der Waals surface area contributed by atoms with Crippen LogP contribution in [0.5, 0.6) is 17.4 Å². The van der Waals surface area contributed by atoms with Gasteiger partial charge in [-0.15, -0.1) is 6.58 Å². The predicted molar refractivity (Wildman–Crippen MR) is 247 cm³/mol. The molecule has 0 unspecified atom stereocenters. The number of amides is 4. The Hall–Kier alpha value is -6.97. The molecule has 406 valence electrons. The van der Waals surface area contributed by atoms with E-state index in [0.29, 0.717) is 51.7 Å². The molecule has 1 aromatic heterocycles. The third-order valence-electron chi connectivity index (χ3n) is 11.8. The Bertz CT molecular complexity index is 2750. The molecule has 0 radical (unpaired) electrons. The normalized spacial score (nSPS) is 20.4. The van der Waals surface area contributed by atoms with Gasteiger partial charge < -0.3 is 39.2 Å². The number of hydrogen-bond donors (Lipinski definition) is 3. The molecule has 74 heavy (non-hydrogen) atoms. The highest BCUT2D eigenvalue weighted by atomic mass is 32.2. The number of benzene rings is 2. The zero-order valence-corrected chi connectivity index (χ0v) is 41.9. The average Bonchev–Trinajstić information content (AvgIpc) is 4.19. The Morgan fingerprint density at radius 1 is 0.892 bits per heavy atom. The van der Waals surface area contributed by atoms with Crippen molar-refractivity contribution in [1.29, 1.82) is 0 Å². The summed E-state index contributed by atoms with van der Waals surface area (Å²) >= 11 is 0. The highest BCUT2D eigenvalue weighted by Gasteiger charge is 2.62. The van der Waals surface area contributed by atoms with Crippen molar-refractivity contribution in [1.82, 2.24) is 25.2 Å². The molecule has 3 N–H and O–H groups in total. The molecule has 2 aliphatic carbocycles. The van der Waals surface area contributed by atoms with E-state index < -0.39 is 110 Å². The molecular weight excluding hydrogens is 1020 g/mol. The molecule has 2 aromatic carbocycles. The summed E-state index contributed by atoms with van der Waals surface area (Å²) in [5, 5.41) is 16.6. The van der Waals surface area contributed by atoms with Gasteiger partial charge in [0.2, 0.25) is 28.9 Å². The monoisotopic (exact) mass is 1080 g/mol. The summed E-state index contributed by atoms with van der Waals surface area (Å²) in [5.41, 5.74) is -8.73. The summed E-state index contributed by atoms with van der Waals surface area (Å²) in [5.74, 6) is -2.89. The number of fused-ring (bicyclic) bond motifs is 1. The van der Waals surface area contributed by atoms with Gasteiger partial charge in [0.05, 0.1) is 24.7 Å². The molecule has 0 bridgehead atoms. The van der Waals surface area contributed by atoms with Gasteiger partial charge in [-0.1, -0.05) is 26.8 Å². The van der Waals surface area contributed by atoms with Crippen molar-refractivity contribution in [3.05, 3.63) is 77.5 Å². The number of alkyl halides is 6. The summed E-state index contributed by atoms with van der Waals surface area (Å²) in [6.07, 6.45) is -10.5. The number of nitrogens with one attached hydrogen (secondary N) is 3. The first-order valence-electron chi connectivity index (χ1n) is 22.4. The third-order valence-corrected chi connectivity index (χ3v) is 12.8. The van der Waals surface area contributed by atoms with E-state index in [1.54, 1.807) is 45.0 Å². The molecule has 3 aromatic rings. The fourth-order valence-electron chi connectivity index (χ4n) is 7.06. The van der Waals surface area contributed by atoms with Crippen LogP contribution in [0.4, 0.5) is 41.6 Å². The molecule has 21 nitrogen and oxygen atoms in total. The van der Waals surface area contributed by atoms with Crippen molar-refractivity contribution in [3.63, 3.8) is 0 Å². The lowest BCUT2D eigenvalue weighted by molar-refractivity contribution is -0.384. The molecule has 2 saturated carbocycles. The van der Waals surface area contributed by atoms with Crippen LogP contribution in [0.2, 0.25) is 0 Å². The summed E-state index contributed by atoms with van der Waals surface area (Å²) in [6, 6.07) is 8.23. The van der Waals surface area contributed by atoms with Gasteiger partial charge >= 0.3 is 34.9 Å². The Balaban J connectivity index is 0.000000425. The van der Waals surface area contributed by atoms with Crippen LogP contribution in [-0.4, -0.2) is 120 Å². The number of nitro groups is 1. The summed E-state index contributed by atoms with van der Waals surface area (Å²) < 4.78 is 135. The van der Waals surface area contributed by atoms with E-state index in [1.165, 1.54) is 19.4 Å². The van der Waals surface area contributed by atoms with E-state index >= 15 is 0 Å². The number of pyridine rings is 1. The predicted octanol–water partition coefficient (Wildman–Crippen LogP) is 7.13. The second-order valence-electron chi connectivity index (χ2n) is 19.4. The highest BCUT2D eigenvalue weighted by Crippen LogP contribution is 2.45. The van der Waals surface area contributed by atoms with Crippen LogP contribution < -0.4 is 29.6 Å². The van der Waals surface area contributed by atoms with Gasteiger partial charge in [0.25, 0.3) is 11.6 Å². The van der Waals surface area contributed by atoms with Gasteiger partial charge in [0.1, 0.15) is 35.2 Å². The van der Waals surface area contributed by atoms with E-state index in [4.69, 9.17) is 13.7 Å². The largest absolute Gasteiger partial charge is 0.514 e. The highest BCUT2D eigenvalue weighted by molar-refractivity contribution is 7.85. The fraction of sp³-hybridized carbons (Fsp3) is 0.522. The summed E-state index contributed by atoms with van der Waals surface area (Å²) in [6.45, 7) is 10.8. The number of halogens is 6. The number of methoxy groups -OCH3 is 1. The molecule has 4 amide bonds. The zero-order valence-electron chi connectivity index (χ0n) is 41.0. The van der Waals surface area contributed by atoms with Gasteiger partial charge in [-0.2, -0.15) is 34.8 Å². The lowest BCUT2D eigenvalue weighted by Crippen LogP contribution is -2.60. The van der Waals surface area contributed by atoms with Crippen molar-refractivity contribution in [3.8, 4) is 17.4 Å². The minimum atomic E-state index is -4.92. The summed E-state index contributed by atoms with van der Waals surface area (Å²) in [7, 11) is -2.99. The lowest BCUT2D eigenvalue weighted by atomic mass is 9.85. The number of non-ortho nitro benzene ring substituents is 1. The van der Waals surface area contributed by atoms with Crippen LogP contribution >= 0.6 is 0 Å². The maximum atomic E-state index is 14.4. The number of likely N-dealkylation sites (tertiary alicyclic amines) is 1. The maximum absolute atomic E-state index is 14.4. The third kappa shape index (κ3) is 14.2. The Kier molecular flexibility index (Phi) is 16.8. The van der Waals surface area contributed by atoms with E-state index in [9.17, 15) is 68.8 Å². The minimum absolute atomic E-state index is 0.00991. The molecule has 3 fully saturated rings. The van der Waals surface area contributed by atoms with Crippen LogP contribution in [-0.2, 0) is 38.3 Å². The maximum Gasteiger partial charge on any atom is 0.514 e. The van der Waals surface area contributed by atoms with Crippen LogP contribution in [0.1, 0.15) is 74.1 Å². The molecule has 6 rings (SSSR count). The molecule has 3 aliphatic rings. The van der Waals surface area contributed by atoms with E-state index in [1.807, 2.05) is 4.72 Å². The molecule has 0 spiro atoms. The first-order valence-corrected chi connectivity index (χ1v) is 23.8. The van der Waals surface area contributed by atoms with Crippen LogP contribution in [0.15, 0.2) is 67.4 Å². The van der Waals surface area contributed by atoms with E-state index in [-0.39, 0.29) is 36.7 Å². The first kappa shape index (κ1) is 57.9. The van der Waals surface area contributed by atoms with Gasteiger partial charge in [0, 0.05) is 36.1 Å². The zero-order chi connectivity index (χ0) is 55.6. The average molecular weight is 1080 g/mol. The number of ether oxygens (including phenoxy) is 5. The van der Waals surface area contributed by atoms with E-state index in [2.05, 4.69) is 36.4 Å². The SMILES string of the molecule is C=C[C@@H]1C[C@]1(NC(=O)[C@@H]1C[C@@H](Oc2nccc3cc(OC)ccc23)CN1C(=O)[C@@H](NC(=O)OC(C)(C)C(F)(F)F)C(C)(C)C)C(=O)NS(=O)(=O)OC1CC1.CC(C)(OC(=O)Oc1ccc([N+](=O)[O-])cc1)C(F)(F)F. The van der Waals surface area contributed by atoms with Crippen LogP contribution in [0.25, 0.3) is 10.8 Å². The number of carbonyl (C=O) groups excluding carboxylic acids is 5. The minimum Gasteiger partial charge on any atom is -0.497 e. The fourth-order valence-corrected chi connectivity index (χ4v) is 8.07. The van der Waals surface area contributed by atoms with Crippen LogP contribution in [0, 0.1) is 21.4 Å². The number of aromatic nitrogens is 1. The Morgan fingerprint density at radius 2 is 1.49 bits per heavy atom. The number of hydrogen-bond acceptors (Lipinski definition) is 16.